The van der Waals surface area contributed by atoms with Crippen molar-refractivity contribution in [3.05, 3.63) is 23.8 Å². The number of aliphatic carboxylic acids is 1. The van der Waals surface area contributed by atoms with Crippen LogP contribution in [0.25, 0.3) is 0 Å². The lowest BCUT2D eigenvalue weighted by atomic mass is 9.75. The van der Waals surface area contributed by atoms with E-state index in [1.165, 1.54) is 0 Å². The van der Waals surface area contributed by atoms with E-state index in [4.69, 9.17) is 19.3 Å². The normalized spacial score (nSPS) is 16.8. The van der Waals surface area contributed by atoms with Gasteiger partial charge in [0, 0.05) is 5.56 Å². The van der Waals surface area contributed by atoms with E-state index in [1.807, 2.05) is 6.07 Å². The second-order valence-corrected chi connectivity index (χ2v) is 4.41. The van der Waals surface area contributed by atoms with Gasteiger partial charge in [-0.25, -0.2) is 0 Å². The van der Waals surface area contributed by atoms with Gasteiger partial charge in [-0.1, -0.05) is 0 Å². The van der Waals surface area contributed by atoms with Gasteiger partial charge >= 0.3 is 5.97 Å². The molecule has 5 heteroatoms. The first kappa shape index (κ1) is 12.7. The zero-order valence-electron chi connectivity index (χ0n) is 10.4. The van der Waals surface area contributed by atoms with Crippen LogP contribution < -0.4 is 9.47 Å². The predicted molar refractivity (Wildman–Crippen MR) is 64.3 cm³/mol. The van der Waals surface area contributed by atoms with E-state index in [0.717, 1.165) is 5.56 Å². The second kappa shape index (κ2) is 4.86. The number of carbonyl (C=O) groups is 1. The summed E-state index contributed by atoms with van der Waals surface area (Å²) in [5, 5.41) is 9.04. The van der Waals surface area contributed by atoms with Gasteiger partial charge in [0.2, 0.25) is 0 Å². The van der Waals surface area contributed by atoms with Gasteiger partial charge in [0.15, 0.2) is 0 Å². The molecule has 0 amide bonds. The lowest BCUT2D eigenvalue weighted by molar-refractivity contribution is -0.145. The minimum Gasteiger partial charge on any atom is -0.497 e. The summed E-state index contributed by atoms with van der Waals surface area (Å²) in [4.78, 5) is 11.0. The van der Waals surface area contributed by atoms with Gasteiger partial charge < -0.3 is 19.3 Å². The molecule has 1 aliphatic rings. The topological polar surface area (TPSA) is 65.0 Å². The number of hydrogen-bond acceptors (Lipinski definition) is 4. The van der Waals surface area contributed by atoms with Crippen LogP contribution in [0.15, 0.2) is 18.2 Å². The Labute approximate surface area is 105 Å². The molecule has 1 N–H and O–H groups in total. The molecule has 0 atom stereocenters. The Bertz CT molecular complexity index is 451. The highest BCUT2D eigenvalue weighted by atomic mass is 16.5. The molecule has 0 spiro atoms. The van der Waals surface area contributed by atoms with Gasteiger partial charge in [0.25, 0.3) is 0 Å². The van der Waals surface area contributed by atoms with Crippen LogP contribution in [0.3, 0.4) is 0 Å². The van der Waals surface area contributed by atoms with Gasteiger partial charge in [-0.15, -0.1) is 0 Å². The fraction of sp³-hybridized carbons (Fsp3) is 0.462. The molecule has 0 aliphatic carbocycles. The predicted octanol–water partition coefficient (Wildman–Crippen LogP) is 1.45. The van der Waals surface area contributed by atoms with Crippen LogP contribution in [0.2, 0.25) is 0 Å². The number of hydrogen-bond donors (Lipinski definition) is 1. The monoisotopic (exact) mass is 252 g/mol. The Hall–Kier alpha value is -1.75. The van der Waals surface area contributed by atoms with Crippen LogP contribution in [0.1, 0.15) is 12.0 Å². The number of benzene rings is 1. The van der Waals surface area contributed by atoms with Crippen molar-refractivity contribution in [3.63, 3.8) is 0 Å². The van der Waals surface area contributed by atoms with Crippen molar-refractivity contribution in [3.8, 4) is 11.5 Å². The highest BCUT2D eigenvalue weighted by molar-refractivity contribution is 5.70. The van der Waals surface area contributed by atoms with E-state index in [0.29, 0.717) is 24.7 Å². The molecule has 1 aromatic carbocycles. The number of ether oxygens (including phenoxy) is 3. The van der Waals surface area contributed by atoms with Crippen molar-refractivity contribution in [2.75, 3.05) is 27.4 Å². The third kappa shape index (κ3) is 2.13. The maximum atomic E-state index is 11.0. The molecule has 0 aromatic heterocycles. The fourth-order valence-electron chi connectivity index (χ4n) is 2.22. The van der Waals surface area contributed by atoms with Gasteiger partial charge in [-0.3, -0.25) is 4.79 Å². The lowest BCUT2D eigenvalue weighted by Crippen LogP contribution is -2.48. The van der Waals surface area contributed by atoms with Crippen molar-refractivity contribution in [2.45, 2.75) is 11.8 Å². The molecule has 0 unspecified atom stereocenters. The first-order valence-electron chi connectivity index (χ1n) is 5.63. The molecular weight excluding hydrogens is 236 g/mol. The maximum Gasteiger partial charge on any atom is 0.304 e. The smallest absolute Gasteiger partial charge is 0.304 e. The van der Waals surface area contributed by atoms with Gasteiger partial charge in [-0.05, 0) is 18.2 Å². The van der Waals surface area contributed by atoms with E-state index in [1.54, 1.807) is 26.4 Å². The Morgan fingerprint density at radius 1 is 1.39 bits per heavy atom. The molecule has 5 nitrogen and oxygen atoms in total. The molecule has 0 saturated carbocycles. The minimum absolute atomic E-state index is 0.0243. The van der Waals surface area contributed by atoms with Crippen LogP contribution in [-0.4, -0.2) is 38.5 Å². The van der Waals surface area contributed by atoms with Crippen molar-refractivity contribution in [1.82, 2.24) is 0 Å². The average Bonchev–Trinajstić information content (AvgIpc) is 2.32. The zero-order chi connectivity index (χ0) is 13.2. The standard InChI is InChI=1S/C13H16O5/c1-16-9-3-4-11(17-2)10(5-9)13(6-12(14)15)7-18-8-13/h3-5H,6-8H2,1-2H3,(H,14,15). The van der Waals surface area contributed by atoms with Crippen LogP contribution in [0.5, 0.6) is 11.5 Å². The molecule has 1 aliphatic heterocycles. The molecule has 0 bridgehead atoms. The summed E-state index contributed by atoms with van der Waals surface area (Å²) >= 11 is 0. The molecule has 2 rings (SSSR count). The second-order valence-electron chi connectivity index (χ2n) is 4.41. The summed E-state index contributed by atoms with van der Waals surface area (Å²) in [6, 6.07) is 5.40. The van der Waals surface area contributed by atoms with Crippen LogP contribution >= 0.6 is 0 Å². The fourth-order valence-corrected chi connectivity index (χ4v) is 2.22. The summed E-state index contributed by atoms with van der Waals surface area (Å²) < 4.78 is 15.7. The zero-order valence-corrected chi connectivity index (χ0v) is 10.4. The van der Waals surface area contributed by atoms with E-state index >= 15 is 0 Å². The summed E-state index contributed by atoms with van der Waals surface area (Å²) in [6.45, 7) is 0.783. The first-order chi connectivity index (χ1) is 8.61. The van der Waals surface area contributed by atoms with Gasteiger partial charge in [-0.2, -0.15) is 0 Å². The van der Waals surface area contributed by atoms with E-state index in [2.05, 4.69) is 0 Å². The van der Waals surface area contributed by atoms with E-state index < -0.39 is 11.4 Å². The SMILES string of the molecule is COc1ccc(OC)c(C2(CC(=O)O)COC2)c1. The molecular formula is C13H16O5. The van der Waals surface area contributed by atoms with Gasteiger partial charge in [0.05, 0.1) is 39.3 Å². The van der Waals surface area contributed by atoms with Crippen molar-refractivity contribution < 1.29 is 24.1 Å². The first-order valence-corrected chi connectivity index (χ1v) is 5.63. The highest BCUT2D eigenvalue weighted by Crippen LogP contribution is 2.42. The summed E-state index contributed by atoms with van der Waals surface area (Å²) in [6.07, 6.45) is 0.0243. The quantitative estimate of drug-likeness (QED) is 0.859. The number of rotatable bonds is 5. The van der Waals surface area contributed by atoms with Crippen molar-refractivity contribution >= 4 is 5.97 Å². The lowest BCUT2D eigenvalue weighted by Gasteiger charge is -2.41. The largest absolute Gasteiger partial charge is 0.497 e. The minimum atomic E-state index is -0.844. The third-order valence-corrected chi connectivity index (χ3v) is 3.22. The molecule has 0 radical (unpaired) electrons. The average molecular weight is 252 g/mol. The number of carboxylic acid groups (broad SMARTS) is 1. The highest BCUT2D eigenvalue weighted by Gasteiger charge is 2.44. The molecule has 18 heavy (non-hydrogen) atoms. The third-order valence-electron chi connectivity index (χ3n) is 3.22. The summed E-state index contributed by atoms with van der Waals surface area (Å²) in [5.41, 5.74) is 0.323. The van der Waals surface area contributed by atoms with E-state index in [-0.39, 0.29) is 6.42 Å². The molecule has 98 valence electrons. The Morgan fingerprint density at radius 3 is 2.56 bits per heavy atom. The number of methoxy groups -OCH3 is 2. The van der Waals surface area contributed by atoms with Crippen molar-refractivity contribution in [1.29, 1.82) is 0 Å². The molecule has 1 fully saturated rings. The molecule has 1 heterocycles. The molecule has 1 saturated heterocycles. The van der Waals surface area contributed by atoms with Crippen LogP contribution in [-0.2, 0) is 14.9 Å². The van der Waals surface area contributed by atoms with Crippen LogP contribution in [0.4, 0.5) is 0 Å². The van der Waals surface area contributed by atoms with E-state index in [9.17, 15) is 4.79 Å². The Balaban J connectivity index is 2.43. The maximum absolute atomic E-state index is 11.0. The van der Waals surface area contributed by atoms with Crippen LogP contribution in [0, 0.1) is 0 Å². The number of carboxylic acids is 1. The Kier molecular flexibility index (Phi) is 3.43. The van der Waals surface area contributed by atoms with Gasteiger partial charge in [0.1, 0.15) is 11.5 Å². The molecule has 1 aromatic rings. The van der Waals surface area contributed by atoms with Crippen molar-refractivity contribution in [2.24, 2.45) is 0 Å². The Morgan fingerprint density at radius 2 is 2.11 bits per heavy atom. The summed E-state index contributed by atoms with van der Waals surface area (Å²) in [7, 11) is 3.14. The summed E-state index contributed by atoms with van der Waals surface area (Å²) in [5.74, 6) is 0.506.